The summed E-state index contributed by atoms with van der Waals surface area (Å²) in [6.07, 6.45) is 1.92. The molecule has 1 aromatic heterocycles. The number of rotatable bonds is 2. The first kappa shape index (κ1) is 11.6. The summed E-state index contributed by atoms with van der Waals surface area (Å²) in [5.41, 5.74) is 0.724. The summed E-state index contributed by atoms with van der Waals surface area (Å²) in [5.74, 6) is -0.442. The van der Waals surface area contributed by atoms with E-state index in [1.807, 2.05) is 0 Å². The zero-order valence-corrected chi connectivity index (χ0v) is 9.63. The number of aryl methyl sites for hydroxylation is 1. The van der Waals surface area contributed by atoms with Crippen molar-refractivity contribution in [2.24, 2.45) is 0 Å². The highest BCUT2D eigenvalue weighted by Gasteiger charge is 2.21. The minimum atomic E-state index is -0.435. The van der Waals surface area contributed by atoms with Crippen LogP contribution in [0.15, 0.2) is 10.9 Å². The van der Waals surface area contributed by atoms with Crippen molar-refractivity contribution >= 4 is 11.7 Å². The third kappa shape index (κ3) is 2.13. The van der Waals surface area contributed by atoms with E-state index in [1.165, 1.54) is 6.07 Å². The summed E-state index contributed by atoms with van der Waals surface area (Å²) in [4.78, 5) is 37.6. The average Bonchev–Trinajstić information content (AvgIpc) is 2.29. The summed E-state index contributed by atoms with van der Waals surface area (Å²) in [6.45, 7) is 2.22. The van der Waals surface area contributed by atoms with Crippen molar-refractivity contribution in [2.45, 2.75) is 26.2 Å². The molecule has 1 aromatic rings. The fraction of sp³-hybridized carbons (Fsp3) is 0.417. The van der Waals surface area contributed by atoms with E-state index in [1.54, 1.807) is 6.92 Å². The van der Waals surface area contributed by atoms with Gasteiger partial charge in [0, 0.05) is 24.2 Å². The molecule has 1 aliphatic rings. The van der Waals surface area contributed by atoms with Crippen LogP contribution in [0, 0.1) is 0 Å². The summed E-state index contributed by atoms with van der Waals surface area (Å²) >= 11 is 0. The maximum atomic E-state index is 11.7. The predicted octanol–water partition coefficient (Wildman–Crippen LogP) is 0.644. The lowest BCUT2D eigenvalue weighted by molar-refractivity contribution is 0.0954. The van der Waals surface area contributed by atoms with E-state index in [0.717, 1.165) is 6.42 Å². The fourth-order valence-corrected chi connectivity index (χ4v) is 2.00. The standard InChI is InChI=1S/C12H14N2O3/c1-2-13-11(16)8-6-7-9(14-12(8)17)4-3-5-10(7)15/h6H,2-5H2,1H3,(H,13,16)(H,14,17). The van der Waals surface area contributed by atoms with Crippen molar-refractivity contribution in [2.75, 3.05) is 6.54 Å². The van der Waals surface area contributed by atoms with E-state index in [2.05, 4.69) is 10.3 Å². The molecule has 0 aromatic carbocycles. The molecule has 2 N–H and O–H groups in total. The van der Waals surface area contributed by atoms with E-state index in [4.69, 9.17) is 0 Å². The molecule has 1 heterocycles. The molecule has 0 aliphatic heterocycles. The number of carbonyl (C=O) groups is 2. The second kappa shape index (κ2) is 4.53. The molecule has 90 valence electrons. The van der Waals surface area contributed by atoms with Gasteiger partial charge in [0.15, 0.2) is 5.78 Å². The van der Waals surface area contributed by atoms with Crippen LogP contribution in [0.1, 0.15) is 46.2 Å². The first-order valence-electron chi connectivity index (χ1n) is 5.71. The highest BCUT2D eigenvalue weighted by Crippen LogP contribution is 2.18. The van der Waals surface area contributed by atoms with Gasteiger partial charge in [0.1, 0.15) is 5.56 Å². The molecule has 0 saturated carbocycles. The molecule has 17 heavy (non-hydrogen) atoms. The second-order valence-corrected chi connectivity index (χ2v) is 4.04. The number of nitrogens with one attached hydrogen (secondary N) is 2. The van der Waals surface area contributed by atoms with Gasteiger partial charge in [0.25, 0.3) is 11.5 Å². The van der Waals surface area contributed by atoms with Gasteiger partial charge in [-0.05, 0) is 25.8 Å². The quantitative estimate of drug-likeness (QED) is 0.788. The van der Waals surface area contributed by atoms with E-state index in [9.17, 15) is 14.4 Å². The van der Waals surface area contributed by atoms with Gasteiger partial charge in [-0.25, -0.2) is 0 Å². The van der Waals surface area contributed by atoms with E-state index < -0.39 is 11.5 Å². The zero-order chi connectivity index (χ0) is 12.4. The van der Waals surface area contributed by atoms with Crippen molar-refractivity contribution in [3.05, 3.63) is 33.2 Å². The SMILES string of the molecule is CCNC(=O)c1cc2c([nH]c1=O)CCCC2=O. The number of pyridine rings is 1. The van der Waals surface area contributed by atoms with E-state index in [-0.39, 0.29) is 11.3 Å². The molecule has 1 amide bonds. The van der Waals surface area contributed by atoms with Crippen LogP contribution in [0.3, 0.4) is 0 Å². The van der Waals surface area contributed by atoms with E-state index >= 15 is 0 Å². The Balaban J connectivity index is 2.49. The Labute approximate surface area is 98.2 Å². The number of H-pyrrole nitrogens is 1. The van der Waals surface area contributed by atoms with Crippen LogP contribution < -0.4 is 10.9 Å². The van der Waals surface area contributed by atoms with E-state index in [0.29, 0.717) is 30.6 Å². The average molecular weight is 234 g/mol. The van der Waals surface area contributed by atoms with Gasteiger partial charge >= 0.3 is 0 Å². The third-order valence-electron chi connectivity index (χ3n) is 2.84. The Bertz CT molecular complexity index is 531. The molecule has 2 rings (SSSR count). The van der Waals surface area contributed by atoms with Crippen molar-refractivity contribution < 1.29 is 9.59 Å². The van der Waals surface area contributed by atoms with Gasteiger partial charge in [-0.2, -0.15) is 0 Å². The highest BCUT2D eigenvalue weighted by atomic mass is 16.2. The number of fused-ring (bicyclic) bond motifs is 1. The third-order valence-corrected chi connectivity index (χ3v) is 2.84. The van der Waals surface area contributed by atoms with Gasteiger partial charge in [0.2, 0.25) is 0 Å². The Morgan fingerprint density at radius 3 is 2.88 bits per heavy atom. The Morgan fingerprint density at radius 2 is 2.18 bits per heavy atom. The van der Waals surface area contributed by atoms with Crippen LogP contribution in [0.2, 0.25) is 0 Å². The maximum absolute atomic E-state index is 11.7. The lowest BCUT2D eigenvalue weighted by Gasteiger charge is -2.14. The van der Waals surface area contributed by atoms with Gasteiger partial charge in [0.05, 0.1) is 0 Å². The molecular weight excluding hydrogens is 220 g/mol. The number of hydrogen-bond acceptors (Lipinski definition) is 3. The maximum Gasteiger partial charge on any atom is 0.261 e. The number of Topliss-reactive ketones (excluding diaryl/α,β-unsaturated/α-hetero) is 1. The van der Waals surface area contributed by atoms with Crippen molar-refractivity contribution in [3.63, 3.8) is 0 Å². The summed E-state index contributed by atoms with van der Waals surface area (Å²) in [6, 6.07) is 1.42. The molecule has 5 heteroatoms. The number of carbonyl (C=O) groups excluding carboxylic acids is 2. The fourth-order valence-electron chi connectivity index (χ4n) is 2.00. The molecule has 0 saturated heterocycles. The van der Waals surface area contributed by atoms with Gasteiger partial charge in [-0.3, -0.25) is 14.4 Å². The second-order valence-electron chi connectivity index (χ2n) is 4.04. The number of amides is 1. The first-order valence-corrected chi connectivity index (χ1v) is 5.71. The van der Waals surface area contributed by atoms with Crippen LogP contribution in [-0.4, -0.2) is 23.2 Å². The van der Waals surface area contributed by atoms with Crippen LogP contribution in [0.25, 0.3) is 0 Å². The molecule has 0 bridgehead atoms. The van der Waals surface area contributed by atoms with Crippen molar-refractivity contribution in [3.8, 4) is 0 Å². The van der Waals surface area contributed by atoms with Crippen LogP contribution >= 0.6 is 0 Å². The molecular formula is C12H14N2O3. The summed E-state index contributed by atoms with van der Waals surface area (Å²) in [5, 5.41) is 2.55. The summed E-state index contributed by atoms with van der Waals surface area (Å²) in [7, 11) is 0. The topological polar surface area (TPSA) is 79.0 Å². The van der Waals surface area contributed by atoms with Crippen molar-refractivity contribution in [1.29, 1.82) is 0 Å². The molecule has 0 unspecified atom stereocenters. The van der Waals surface area contributed by atoms with Gasteiger partial charge < -0.3 is 10.3 Å². The number of hydrogen-bond donors (Lipinski definition) is 2. The predicted molar refractivity (Wildman–Crippen MR) is 62.3 cm³/mol. The number of aromatic nitrogens is 1. The molecule has 0 spiro atoms. The smallest absolute Gasteiger partial charge is 0.261 e. The highest BCUT2D eigenvalue weighted by molar-refractivity contribution is 6.01. The summed E-state index contributed by atoms with van der Waals surface area (Å²) < 4.78 is 0. The Kier molecular flexibility index (Phi) is 3.08. The minimum Gasteiger partial charge on any atom is -0.352 e. The largest absolute Gasteiger partial charge is 0.352 e. The zero-order valence-electron chi connectivity index (χ0n) is 9.63. The lowest BCUT2D eigenvalue weighted by atomic mass is 9.93. The van der Waals surface area contributed by atoms with Gasteiger partial charge in [-0.1, -0.05) is 0 Å². The molecule has 0 radical (unpaired) electrons. The lowest BCUT2D eigenvalue weighted by Crippen LogP contribution is -2.31. The number of aromatic amines is 1. The molecule has 5 nitrogen and oxygen atoms in total. The van der Waals surface area contributed by atoms with Crippen LogP contribution in [0.5, 0.6) is 0 Å². The van der Waals surface area contributed by atoms with Crippen LogP contribution in [-0.2, 0) is 6.42 Å². The molecule has 0 fully saturated rings. The Morgan fingerprint density at radius 1 is 1.41 bits per heavy atom. The van der Waals surface area contributed by atoms with Crippen LogP contribution in [0.4, 0.5) is 0 Å². The number of ketones is 1. The van der Waals surface area contributed by atoms with Gasteiger partial charge in [-0.15, -0.1) is 0 Å². The molecule has 1 aliphatic carbocycles. The van der Waals surface area contributed by atoms with Crippen molar-refractivity contribution in [1.82, 2.24) is 10.3 Å². The molecule has 0 atom stereocenters. The Hall–Kier alpha value is -1.91. The minimum absolute atomic E-state index is 0.00644. The normalized spacial score (nSPS) is 14.3. The monoisotopic (exact) mass is 234 g/mol. The first-order chi connectivity index (χ1) is 8.13.